The number of nitrogens with one attached hydrogen (secondary N) is 1. The van der Waals surface area contributed by atoms with Gasteiger partial charge in [0.2, 0.25) is 0 Å². The minimum atomic E-state index is -4.56. The van der Waals surface area contributed by atoms with Crippen LogP contribution in [0.5, 0.6) is 5.75 Å². The molecular formula is C17H11ClF5N5O2. The molecule has 0 aliphatic rings. The van der Waals surface area contributed by atoms with Gasteiger partial charge in [-0.3, -0.25) is 9.78 Å². The van der Waals surface area contributed by atoms with Crippen molar-refractivity contribution in [1.82, 2.24) is 19.7 Å². The van der Waals surface area contributed by atoms with Crippen LogP contribution in [0.4, 0.5) is 27.6 Å². The SMILES string of the molecule is O=c1c(Cl)c(NCc2ccc(OC(F)F)cn2)cnn1-c1ccc(C(F)(F)F)cn1. The molecule has 3 heterocycles. The van der Waals surface area contributed by atoms with E-state index in [2.05, 4.69) is 25.1 Å². The lowest BCUT2D eigenvalue weighted by molar-refractivity contribution is -0.137. The number of halogens is 6. The largest absolute Gasteiger partial charge is 0.433 e. The summed E-state index contributed by atoms with van der Waals surface area (Å²) >= 11 is 6.03. The van der Waals surface area contributed by atoms with Crippen molar-refractivity contribution in [3.63, 3.8) is 0 Å². The van der Waals surface area contributed by atoms with Crippen molar-refractivity contribution in [2.24, 2.45) is 0 Å². The van der Waals surface area contributed by atoms with E-state index < -0.39 is 23.9 Å². The van der Waals surface area contributed by atoms with Crippen molar-refractivity contribution in [3.05, 3.63) is 69.5 Å². The maximum absolute atomic E-state index is 12.6. The third-order valence-electron chi connectivity index (χ3n) is 3.69. The summed E-state index contributed by atoms with van der Waals surface area (Å²) in [6.45, 7) is -2.88. The molecule has 0 aromatic carbocycles. The van der Waals surface area contributed by atoms with Gasteiger partial charge in [0.1, 0.15) is 10.8 Å². The molecule has 0 amide bonds. The standard InChI is InChI=1S/C17H11ClF5N5O2/c18-14-12(25-6-10-2-3-11(7-24-10)30-16(19)20)8-27-28(15(14)29)13-4-1-9(5-26-13)17(21,22)23/h1-5,7-8,16,25H,6H2. The monoisotopic (exact) mass is 447 g/mol. The molecule has 7 nitrogen and oxygen atoms in total. The average Bonchev–Trinajstić information content (AvgIpc) is 2.69. The highest BCUT2D eigenvalue weighted by Gasteiger charge is 2.30. The van der Waals surface area contributed by atoms with E-state index in [1.165, 1.54) is 18.3 Å². The number of rotatable bonds is 6. The molecule has 0 saturated heterocycles. The predicted molar refractivity (Wildman–Crippen MR) is 95.8 cm³/mol. The number of alkyl halides is 5. The highest BCUT2D eigenvalue weighted by Crippen LogP contribution is 2.28. The fourth-order valence-corrected chi connectivity index (χ4v) is 2.47. The smallest absolute Gasteiger partial charge is 0.417 e. The van der Waals surface area contributed by atoms with Crippen LogP contribution >= 0.6 is 11.6 Å². The Morgan fingerprint density at radius 3 is 2.43 bits per heavy atom. The number of hydrogen-bond donors (Lipinski definition) is 1. The molecule has 3 aromatic heterocycles. The molecule has 0 atom stereocenters. The minimum absolute atomic E-state index is 0.0817. The molecule has 0 bridgehead atoms. The molecule has 0 aliphatic carbocycles. The Morgan fingerprint density at radius 1 is 1.10 bits per heavy atom. The Balaban J connectivity index is 1.74. The Kier molecular flexibility index (Phi) is 6.15. The van der Waals surface area contributed by atoms with E-state index in [-0.39, 0.29) is 28.8 Å². The summed E-state index contributed by atoms with van der Waals surface area (Å²) < 4.78 is 67.1. The van der Waals surface area contributed by atoms with Crippen molar-refractivity contribution in [1.29, 1.82) is 0 Å². The molecular weight excluding hydrogens is 437 g/mol. The van der Waals surface area contributed by atoms with E-state index in [4.69, 9.17) is 11.6 Å². The molecule has 3 rings (SSSR count). The lowest BCUT2D eigenvalue weighted by atomic mass is 10.3. The quantitative estimate of drug-likeness (QED) is 0.577. The van der Waals surface area contributed by atoms with Crippen LogP contribution in [0.1, 0.15) is 11.3 Å². The van der Waals surface area contributed by atoms with Crippen LogP contribution in [0.25, 0.3) is 5.82 Å². The molecule has 3 aromatic rings. The summed E-state index contributed by atoms with van der Waals surface area (Å²) in [7, 11) is 0. The third-order valence-corrected chi connectivity index (χ3v) is 4.06. The maximum Gasteiger partial charge on any atom is 0.417 e. The van der Waals surface area contributed by atoms with E-state index >= 15 is 0 Å². The zero-order chi connectivity index (χ0) is 21.9. The van der Waals surface area contributed by atoms with Gasteiger partial charge in [-0.1, -0.05) is 11.6 Å². The van der Waals surface area contributed by atoms with Crippen molar-refractivity contribution in [2.75, 3.05) is 5.32 Å². The molecule has 0 spiro atoms. The molecule has 13 heteroatoms. The van der Waals surface area contributed by atoms with E-state index in [0.29, 0.717) is 11.9 Å². The zero-order valence-corrected chi connectivity index (χ0v) is 15.5. The number of aromatic nitrogens is 4. The van der Waals surface area contributed by atoms with Crippen molar-refractivity contribution in [2.45, 2.75) is 19.3 Å². The first kappa shape index (κ1) is 21.4. The fourth-order valence-electron chi connectivity index (χ4n) is 2.27. The second kappa shape index (κ2) is 8.61. The van der Waals surface area contributed by atoms with Crippen LogP contribution in [0.15, 0.2) is 47.7 Å². The first-order valence-electron chi connectivity index (χ1n) is 8.10. The Bertz CT molecular complexity index is 1070. The summed E-state index contributed by atoms with van der Waals surface area (Å²) in [5.41, 5.74) is -1.20. The van der Waals surface area contributed by atoms with Crippen LogP contribution in [0, 0.1) is 0 Å². The predicted octanol–water partition coefficient (Wildman–Crippen LogP) is 3.91. The number of ether oxygens (including phenoxy) is 1. The first-order valence-corrected chi connectivity index (χ1v) is 8.48. The third kappa shape index (κ3) is 5.00. The number of nitrogens with zero attached hydrogens (tertiary/aromatic N) is 4. The van der Waals surface area contributed by atoms with Gasteiger partial charge in [-0.25, -0.2) is 4.98 Å². The fraction of sp³-hybridized carbons (Fsp3) is 0.176. The number of pyridine rings is 2. The molecule has 0 saturated carbocycles. The summed E-state index contributed by atoms with van der Waals surface area (Å²) in [4.78, 5) is 19.9. The normalized spacial score (nSPS) is 11.6. The van der Waals surface area contributed by atoms with E-state index in [0.717, 1.165) is 23.0 Å². The maximum atomic E-state index is 12.6. The van der Waals surface area contributed by atoms with E-state index in [1.54, 1.807) is 0 Å². The Labute approximate surface area is 170 Å². The Hall–Kier alpha value is -3.28. The van der Waals surface area contributed by atoms with Crippen LogP contribution in [0.2, 0.25) is 5.02 Å². The van der Waals surface area contributed by atoms with Gasteiger partial charge in [-0.05, 0) is 24.3 Å². The summed E-state index contributed by atoms with van der Waals surface area (Å²) in [5.74, 6) is -0.252. The highest BCUT2D eigenvalue weighted by molar-refractivity contribution is 6.32. The molecule has 0 unspecified atom stereocenters. The van der Waals surface area contributed by atoms with E-state index in [9.17, 15) is 26.7 Å². The van der Waals surface area contributed by atoms with Gasteiger partial charge in [0.25, 0.3) is 5.56 Å². The number of anilines is 1. The molecule has 0 aliphatic heterocycles. The van der Waals surface area contributed by atoms with Gasteiger partial charge in [0, 0.05) is 6.20 Å². The lowest BCUT2D eigenvalue weighted by Crippen LogP contribution is -2.23. The van der Waals surface area contributed by atoms with E-state index in [1.807, 2.05) is 0 Å². The molecule has 1 N–H and O–H groups in total. The van der Waals surface area contributed by atoms with Gasteiger partial charge >= 0.3 is 12.8 Å². The number of hydrogen-bond acceptors (Lipinski definition) is 6. The molecule has 0 radical (unpaired) electrons. The van der Waals surface area contributed by atoms with Crippen LogP contribution in [0.3, 0.4) is 0 Å². The van der Waals surface area contributed by atoms with Gasteiger partial charge in [0.05, 0.1) is 35.9 Å². The van der Waals surface area contributed by atoms with Gasteiger partial charge in [-0.15, -0.1) is 0 Å². The first-order chi connectivity index (χ1) is 14.1. The van der Waals surface area contributed by atoms with Crippen molar-refractivity contribution < 1.29 is 26.7 Å². The minimum Gasteiger partial charge on any atom is -0.433 e. The molecule has 30 heavy (non-hydrogen) atoms. The molecule has 158 valence electrons. The van der Waals surface area contributed by atoms with Gasteiger partial charge in [-0.2, -0.15) is 31.7 Å². The summed E-state index contributed by atoms with van der Waals surface area (Å²) in [5, 5.41) is 6.39. The topological polar surface area (TPSA) is 81.9 Å². The zero-order valence-electron chi connectivity index (χ0n) is 14.7. The highest BCUT2D eigenvalue weighted by atomic mass is 35.5. The van der Waals surface area contributed by atoms with Gasteiger partial charge < -0.3 is 10.1 Å². The second-order valence-corrected chi connectivity index (χ2v) is 6.09. The van der Waals surface area contributed by atoms with Crippen LogP contribution < -0.4 is 15.6 Å². The van der Waals surface area contributed by atoms with Crippen molar-refractivity contribution in [3.8, 4) is 11.6 Å². The van der Waals surface area contributed by atoms with Crippen LogP contribution in [-0.2, 0) is 12.7 Å². The summed E-state index contributed by atoms with van der Waals surface area (Å²) in [6.07, 6.45) is -1.68. The summed E-state index contributed by atoms with van der Waals surface area (Å²) in [6, 6.07) is 4.49. The van der Waals surface area contributed by atoms with Gasteiger partial charge in [0.15, 0.2) is 5.82 Å². The van der Waals surface area contributed by atoms with Crippen molar-refractivity contribution >= 4 is 17.3 Å². The van der Waals surface area contributed by atoms with Crippen LogP contribution in [-0.4, -0.2) is 26.4 Å². The average molecular weight is 448 g/mol. The molecule has 0 fully saturated rings. The Morgan fingerprint density at radius 2 is 1.87 bits per heavy atom. The lowest BCUT2D eigenvalue weighted by Gasteiger charge is -2.11. The second-order valence-electron chi connectivity index (χ2n) is 5.71.